The van der Waals surface area contributed by atoms with Crippen LogP contribution in [0.4, 0.5) is 5.69 Å². The van der Waals surface area contributed by atoms with E-state index in [-0.39, 0.29) is 0 Å². The normalized spacial score (nSPS) is 18.8. The molecular weight excluding hydrogens is 308 g/mol. The molecule has 1 heterocycles. The summed E-state index contributed by atoms with van der Waals surface area (Å²) < 4.78 is 27.5. The van der Waals surface area contributed by atoms with E-state index in [1.165, 1.54) is 0 Å². The summed E-state index contributed by atoms with van der Waals surface area (Å²) in [4.78, 5) is 2.61. The van der Waals surface area contributed by atoms with E-state index in [1.807, 2.05) is 38.1 Å². The zero-order chi connectivity index (χ0) is 16.5. The van der Waals surface area contributed by atoms with Gasteiger partial charge in [0.1, 0.15) is 0 Å². The van der Waals surface area contributed by atoms with Crippen molar-refractivity contribution < 1.29 is 8.42 Å². The molecule has 0 atom stereocenters. The Morgan fingerprint density at radius 2 is 1.43 bits per heavy atom. The fourth-order valence-electron chi connectivity index (χ4n) is 3.16. The second-order valence-electron chi connectivity index (χ2n) is 6.46. The first-order chi connectivity index (χ1) is 10.9. The molecule has 1 aliphatic rings. The van der Waals surface area contributed by atoms with Crippen LogP contribution in [0.1, 0.15) is 13.8 Å². The van der Waals surface area contributed by atoms with Crippen LogP contribution < -0.4 is 4.90 Å². The van der Waals surface area contributed by atoms with Gasteiger partial charge in [-0.15, -0.1) is 0 Å². The average Bonchev–Trinajstić information content (AvgIpc) is 2.55. The lowest BCUT2D eigenvalue weighted by atomic mass is 10.0. The van der Waals surface area contributed by atoms with Crippen LogP contribution in [0.3, 0.4) is 0 Å². The Kier molecular flexibility index (Phi) is 4.17. The summed E-state index contributed by atoms with van der Waals surface area (Å²) in [6.45, 7) is 5.83. The summed E-state index contributed by atoms with van der Waals surface area (Å²) in [7, 11) is -3.47. The molecule has 1 aliphatic heterocycles. The zero-order valence-corrected chi connectivity index (χ0v) is 14.3. The average molecular weight is 330 g/mol. The van der Waals surface area contributed by atoms with Gasteiger partial charge in [-0.05, 0) is 38.1 Å². The number of piperazine rings is 1. The first kappa shape index (κ1) is 16.0. The van der Waals surface area contributed by atoms with Gasteiger partial charge < -0.3 is 4.90 Å². The van der Waals surface area contributed by atoms with Gasteiger partial charge in [0.05, 0.1) is 4.90 Å². The maximum atomic E-state index is 13.0. The summed E-state index contributed by atoms with van der Waals surface area (Å²) in [6, 6.07) is 18.8. The zero-order valence-electron chi connectivity index (χ0n) is 13.5. The number of nitrogens with zero attached hydrogens (tertiary/aromatic N) is 2. The Bertz CT molecular complexity index is 758. The molecule has 1 fully saturated rings. The fraction of sp³-hybridized carbons (Fsp3) is 0.333. The summed E-state index contributed by atoms with van der Waals surface area (Å²) in [5, 5.41) is 0. The van der Waals surface area contributed by atoms with Crippen molar-refractivity contribution >= 4 is 15.7 Å². The molecule has 2 aromatic rings. The first-order valence-corrected chi connectivity index (χ1v) is 9.23. The van der Waals surface area contributed by atoms with Gasteiger partial charge in [0.2, 0.25) is 10.0 Å². The van der Waals surface area contributed by atoms with Crippen LogP contribution in [-0.4, -0.2) is 37.9 Å². The van der Waals surface area contributed by atoms with Crippen molar-refractivity contribution in [3.63, 3.8) is 0 Å². The van der Waals surface area contributed by atoms with Crippen molar-refractivity contribution in [2.24, 2.45) is 0 Å². The van der Waals surface area contributed by atoms with Crippen LogP contribution in [0.25, 0.3) is 0 Å². The van der Waals surface area contributed by atoms with Gasteiger partial charge in [-0.3, -0.25) is 0 Å². The highest BCUT2D eigenvalue weighted by Crippen LogP contribution is 2.30. The molecular formula is C18H22N2O2S. The summed E-state index contributed by atoms with van der Waals surface area (Å²) in [5.74, 6) is 0. The number of rotatable bonds is 3. The lowest BCUT2D eigenvalue weighted by Crippen LogP contribution is -2.61. The molecule has 3 rings (SSSR count). The van der Waals surface area contributed by atoms with E-state index in [1.54, 1.807) is 28.6 Å². The molecule has 23 heavy (non-hydrogen) atoms. The van der Waals surface area contributed by atoms with Gasteiger partial charge in [-0.1, -0.05) is 36.4 Å². The lowest BCUT2D eigenvalue weighted by molar-refractivity contribution is 0.205. The number of sulfonamides is 1. The minimum atomic E-state index is -3.47. The topological polar surface area (TPSA) is 40.6 Å². The third kappa shape index (κ3) is 3.12. The van der Waals surface area contributed by atoms with Crippen LogP contribution in [0.5, 0.6) is 0 Å². The lowest BCUT2D eigenvalue weighted by Gasteiger charge is -2.46. The predicted octanol–water partition coefficient (Wildman–Crippen LogP) is 2.98. The van der Waals surface area contributed by atoms with Gasteiger partial charge in [0.15, 0.2) is 0 Å². The number of benzene rings is 2. The molecule has 4 nitrogen and oxygen atoms in total. The number of hydrogen-bond donors (Lipinski definition) is 0. The first-order valence-electron chi connectivity index (χ1n) is 7.79. The maximum Gasteiger partial charge on any atom is 0.243 e. The molecule has 0 radical (unpaired) electrons. The number of anilines is 1. The van der Waals surface area contributed by atoms with E-state index in [2.05, 4.69) is 17.0 Å². The van der Waals surface area contributed by atoms with Crippen LogP contribution >= 0.6 is 0 Å². The van der Waals surface area contributed by atoms with Crippen molar-refractivity contribution in [1.29, 1.82) is 0 Å². The Hall–Kier alpha value is -1.85. The number of hydrogen-bond acceptors (Lipinski definition) is 3. The largest absolute Gasteiger partial charge is 0.368 e. The SMILES string of the molecule is CC1(C)CN(c2ccccc2)CCN1S(=O)(=O)c1ccccc1. The summed E-state index contributed by atoms with van der Waals surface area (Å²) >= 11 is 0. The molecule has 0 unspecified atom stereocenters. The molecule has 2 aromatic carbocycles. The standard InChI is InChI=1S/C18H22N2O2S/c1-18(2)15-19(16-9-5-3-6-10-16)13-14-20(18)23(21,22)17-11-7-4-8-12-17/h3-12H,13-15H2,1-2H3. The Labute approximate surface area is 138 Å². The minimum absolute atomic E-state index is 0.362. The van der Waals surface area contributed by atoms with E-state index in [4.69, 9.17) is 0 Å². The van der Waals surface area contributed by atoms with Crippen molar-refractivity contribution in [2.45, 2.75) is 24.3 Å². The molecule has 0 aromatic heterocycles. The van der Waals surface area contributed by atoms with E-state index >= 15 is 0 Å². The van der Waals surface area contributed by atoms with E-state index < -0.39 is 15.6 Å². The Morgan fingerprint density at radius 3 is 2.00 bits per heavy atom. The second kappa shape index (κ2) is 5.98. The molecule has 5 heteroatoms. The van der Waals surface area contributed by atoms with Crippen molar-refractivity contribution in [3.8, 4) is 0 Å². The molecule has 0 saturated carbocycles. The minimum Gasteiger partial charge on any atom is -0.368 e. The molecule has 0 spiro atoms. The van der Waals surface area contributed by atoms with Gasteiger partial charge in [0.25, 0.3) is 0 Å². The second-order valence-corrected chi connectivity index (χ2v) is 8.32. The van der Waals surface area contributed by atoms with Gasteiger partial charge in [0, 0.05) is 30.9 Å². The van der Waals surface area contributed by atoms with E-state index in [9.17, 15) is 8.42 Å². The van der Waals surface area contributed by atoms with Crippen LogP contribution in [0.15, 0.2) is 65.6 Å². The highest BCUT2D eigenvalue weighted by atomic mass is 32.2. The quantitative estimate of drug-likeness (QED) is 0.869. The van der Waals surface area contributed by atoms with Crippen LogP contribution in [-0.2, 0) is 10.0 Å². The Morgan fingerprint density at radius 1 is 0.870 bits per heavy atom. The molecule has 122 valence electrons. The third-order valence-corrected chi connectivity index (χ3v) is 6.40. The third-order valence-electron chi connectivity index (χ3n) is 4.28. The van der Waals surface area contributed by atoms with Gasteiger partial charge in [-0.2, -0.15) is 4.31 Å². The summed E-state index contributed by atoms with van der Waals surface area (Å²) in [5.41, 5.74) is 0.667. The molecule has 0 amide bonds. The summed E-state index contributed by atoms with van der Waals surface area (Å²) in [6.07, 6.45) is 0. The highest BCUT2D eigenvalue weighted by molar-refractivity contribution is 7.89. The van der Waals surface area contributed by atoms with E-state index in [0.29, 0.717) is 24.5 Å². The smallest absolute Gasteiger partial charge is 0.243 e. The molecule has 0 bridgehead atoms. The van der Waals surface area contributed by atoms with E-state index in [0.717, 1.165) is 5.69 Å². The molecule has 0 N–H and O–H groups in total. The van der Waals surface area contributed by atoms with Crippen molar-refractivity contribution in [3.05, 3.63) is 60.7 Å². The maximum absolute atomic E-state index is 13.0. The van der Waals surface area contributed by atoms with Gasteiger partial charge >= 0.3 is 0 Å². The number of para-hydroxylation sites is 1. The van der Waals surface area contributed by atoms with Crippen LogP contribution in [0, 0.1) is 0 Å². The predicted molar refractivity (Wildman–Crippen MR) is 93.1 cm³/mol. The molecule has 1 saturated heterocycles. The molecule has 0 aliphatic carbocycles. The fourth-order valence-corrected chi connectivity index (χ4v) is 4.95. The highest BCUT2D eigenvalue weighted by Gasteiger charge is 2.41. The monoisotopic (exact) mass is 330 g/mol. The van der Waals surface area contributed by atoms with Gasteiger partial charge in [-0.25, -0.2) is 8.42 Å². The van der Waals surface area contributed by atoms with Crippen molar-refractivity contribution in [2.75, 3.05) is 24.5 Å². The van der Waals surface area contributed by atoms with Crippen LogP contribution in [0.2, 0.25) is 0 Å². The van der Waals surface area contributed by atoms with Crippen molar-refractivity contribution in [1.82, 2.24) is 4.31 Å². The Balaban J connectivity index is 1.87.